The van der Waals surface area contributed by atoms with Gasteiger partial charge >= 0.3 is 0 Å². The Hall–Kier alpha value is -2.01. The molecule has 0 saturated carbocycles. The van der Waals surface area contributed by atoms with Gasteiger partial charge in [0.15, 0.2) is 0 Å². The van der Waals surface area contributed by atoms with Crippen molar-refractivity contribution in [2.24, 2.45) is 5.10 Å². The lowest BCUT2D eigenvalue weighted by atomic mass is 10.0. The minimum Gasteiger partial charge on any atom is -0.496 e. The van der Waals surface area contributed by atoms with Gasteiger partial charge < -0.3 is 4.74 Å². The summed E-state index contributed by atoms with van der Waals surface area (Å²) in [4.78, 5) is 12.9. The zero-order chi connectivity index (χ0) is 19.0. The molecule has 1 aliphatic heterocycles. The van der Waals surface area contributed by atoms with Crippen molar-refractivity contribution in [3.8, 4) is 5.75 Å². The highest BCUT2D eigenvalue weighted by Crippen LogP contribution is 2.39. The van der Waals surface area contributed by atoms with Crippen molar-refractivity contribution in [2.45, 2.75) is 13.8 Å². The second-order valence-electron chi connectivity index (χ2n) is 5.82. The second kappa shape index (κ2) is 7.31. The summed E-state index contributed by atoms with van der Waals surface area (Å²) in [7, 11) is 1.59. The minimum absolute atomic E-state index is 0.251. The molecule has 0 fully saturated rings. The smallest absolute Gasteiger partial charge is 0.280 e. The van der Waals surface area contributed by atoms with Crippen molar-refractivity contribution >= 4 is 58.2 Å². The summed E-state index contributed by atoms with van der Waals surface area (Å²) in [5, 5.41) is 6.41. The van der Waals surface area contributed by atoms with Gasteiger partial charge in [0.05, 0.1) is 28.4 Å². The van der Waals surface area contributed by atoms with Gasteiger partial charge in [-0.25, -0.2) is 0 Å². The lowest BCUT2D eigenvalue weighted by Crippen LogP contribution is -2.22. The molecule has 3 rings (SSSR count). The molecule has 0 spiro atoms. The fourth-order valence-corrected chi connectivity index (χ4v) is 3.64. The van der Waals surface area contributed by atoms with Crippen molar-refractivity contribution < 1.29 is 9.53 Å². The summed E-state index contributed by atoms with van der Waals surface area (Å²) in [6.45, 7) is 3.72. The highest BCUT2D eigenvalue weighted by molar-refractivity contribution is 6.44. The van der Waals surface area contributed by atoms with Crippen LogP contribution in [-0.2, 0) is 4.79 Å². The number of ether oxygens (including phenoxy) is 1. The number of carbonyl (C=O) groups excluding carboxylic acids is 1. The maximum absolute atomic E-state index is 12.9. The third-order valence-electron chi connectivity index (χ3n) is 3.94. The predicted octanol–water partition coefficient (Wildman–Crippen LogP) is 5.77. The first-order chi connectivity index (χ1) is 12.3. The van der Waals surface area contributed by atoms with E-state index >= 15 is 0 Å². The Bertz CT molecular complexity index is 944. The average Bonchev–Trinajstić information content (AvgIpc) is 2.83. The van der Waals surface area contributed by atoms with Crippen molar-refractivity contribution in [3.05, 3.63) is 62.1 Å². The van der Waals surface area contributed by atoms with Gasteiger partial charge in [-0.1, -0.05) is 46.9 Å². The highest BCUT2D eigenvalue weighted by Gasteiger charge is 2.31. The predicted molar refractivity (Wildman–Crippen MR) is 108 cm³/mol. The van der Waals surface area contributed by atoms with Crippen LogP contribution in [0, 0.1) is 6.92 Å². The molecule has 0 N–H and O–H groups in total. The Labute approximate surface area is 166 Å². The molecule has 4 nitrogen and oxygen atoms in total. The van der Waals surface area contributed by atoms with Crippen LogP contribution in [0.5, 0.6) is 5.75 Å². The first-order valence-corrected chi connectivity index (χ1v) is 8.86. The van der Waals surface area contributed by atoms with E-state index in [1.54, 1.807) is 20.1 Å². The van der Waals surface area contributed by atoms with E-state index in [9.17, 15) is 4.79 Å². The third-order valence-corrected chi connectivity index (χ3v) is 4.74. The van der Waals surface area contributed by atoms with E-state index in [4.69, 9.17) is 39.5 Å². The summed E-state index contributed by atoms with van der Waals surface area (Å²) < 4.78 is 5.40. The number of rotatable bonds is 3. The van der Waals surface area contributed by atoms with Gasteiger partial charge in [0.25, 0.3) is 5.91 Å². The van der Waals surface area contributed by atoms with Crippen LogP contribution in [0.15, 0.2) is 41.0 Å². The molecule has 1 amide bonds. The van der Waals surface area contributed by atoms with Crippen LogP contribution in [0.2, 0.25) is 15.1 Å². The van der Waals surface area contributed by atoms with Gasteiger partial charge in [0.2, 0.25) is 0 Å². The van der Waals surface area contributed by atoms with Crippen molar-refractivity contribution in [2.75, 3.05) is 12.1 Å². The van der Waals surface area contributed by atoms with Gasteiger partial charge in [-0.2, -0.15) is 10.1 Å². The number of anilines is 1. The Morgan fingerprint density at radius 1 is 1.08 bits per heavy atom. The molecule has 1 aliphatic rings. The molecule has 0 atom stereocenters. The van der Waals surface area contributed by atoms with Gasteiger partial charge in [0, 0.05) is 10.6 Å². The minimum atomic E-state index is -0.323. The molecule has 7 heteroatoms. The van der Waals surface area contributed by atoms with Crippen molar-refractivity contribution in [1.82, 2.24) is 0 Å². The number of hydrogen-bond donors (Lipinski definition) is 0. The number of benzene rings is 2. The molecule has 26 heavy (non-hydrogen) atoms. The zero-order valence-corrected chi connectivity index (χ0v) is 16.6. The average molecular weight is 410 g/mol. The third kappa shape index (κ3) is 3.45. The lowest BCUT2D eigenvalue weighted by Gasteiger charge is -2.15. The first-order valence-electron chi connectivity index (χ1n) is 7.72. The van der Waals surface area contributed by atoms with Gasteiger partial charge in [0.1, 0.15) is 11.4 Å². The molecule has 2 aromatic rings. The fourth-order valence-electron chi connectivity index (χ4n) is 2.67. The lowest BCUT2D eigenvalue weighted by molar-refractivity contribution is -0.114. The number of aryl methyl sites for hydroxylation is 1. The molecule has 0 saturated heterocycles. The largest absolute Gasteiger partial charge is 0.496 e. The number of hydrazone groups is 1. The first kappa shape index (κ1) is 18.8. The number of carbonyl (C=O) groups is 1. The summed E-state index contributed by atoms with van der Waals surface area (Å²) in [6, 6.07) is 8.79. The molecule has 0 unspecified atom stereocenters. The number of halogens is 3. The molecule has 0 aromatic heterocycles. The number of amides is 1. The van der Waals surface area contributed by atoms with E-state index < -0.39 is 0 Å². The van der Waals surface area contributed by atoms with Gasteiger partial charge in [-0.15, -0.1) is 0 Å². The number of nitrogens with zero attached hydrogens (tertiary/aromatic N) is 2. The second-order valence-corrected chi connectivity index (χ2v) is 7.07. The maximum atomic E-state index is 12.9. The van der Waals surface area contributed by atoms with E-state index in [1.807, 2.05) is 25.1 Å². The highest BCUT2D eigenvalue weighted by atomic mass is 35.5. The maximum Gasteiger partial charge on any atom is 0.280 e. The van der Waals surface area contributed by atoms with Crippen LogP contribution in [0.1, 0.15) is 18.1 Å². The van der Waals surface area contributed by atoms with E-state index in [0.29, 0.717) is 27.7 Å². The Morgan fingerprint density at radius 3 is 2.35 bits per heavy atom. The van der Waals surface area contributed by atoms with E-state index in [0.717, 1.165) is 11.1 Å². The number of methoxy groups -OCH3 is 1. The summed E-state index contributed by atoms with van der Waals surface area (Å²) in [5.41, 5.74) is 3.15. The summed E-state index contributed by atoms with van der Waals surface area (Å²) >= 11 is 18.4. The monoisotopic (exact) mass is 408 g/mol. The molecule has 0 radical (unpaired) electrons. The molecule has 0 bridgehead atoms. The molecule has 134 valence electrons. The SMILES string of the molecule is COc1cc(C)ccc1C=C1C(=O)N(c2c(Cl)cc(Cl)cc2Cl)N=C1C. The van der Waals surface area contributed by atoms with Crippen LogP contribution in [-0.4, -0.2) is 18.7 Å². The number of hydrogen-bond acceptors (Lipinski definition) is 3. The molecule has 2 aromatic carbocycles. The van der Waals surface area contributed by atoms with Crippen LogP contribution in [0.3, 0.4) is 0 Å². The Morgan fingerprint density at radius 2 is 1.73 bits per heavy atom. The standard InChI is InChI=1S/C19H15Cl3N2O2/c1-10-4-5-12(17(6-10)26-3)7-14-11(2)23-24(19(14)25)18-15(21)8-13(20)9-16(18)22/h4-9H,1-3H3. The van der Waals surface area contributed by atoms with Crippen LogP contribution in [0.4, 0.5) is 5.69 Å². The van der Waals surface area contributed by atoms with Crippen LogP contribution >= 0.6 is 34.8 Å². The molecule has 0 aliphatic carbocycles. The molecule has 1 heterocycles. The Kier molecular flexibility index (Phi) is 5.28. The molecular formula is C19H15Cl3N2O2. The van der Waals surface area contributed by atoms with E-state index in [1.165, 1.54) is 17.1 Å². The Balaban J connectivity index is 2.05. The molecular weight excluding hydrogens is 395 g/mol. The zero-order valence-electron chi connectivity index (χ0n) is 14.3. The normalized spacial score (nSPS) is 15.6. The van der Waals surface area contributed by atoms with Crippen LogP contribution in [0.25, 0.3) is 6.08 Å². The van der Waals surface area contributed by atoms with E-state index in [2.05, 4.69) is 5.10 Å². The van der Waals surface area contributed by atoms with Gasteiger partial charge in [-0.05, 0) is 43.7 Å². The van der Waals surface area contributed by atoms with Crippen molar-refractivity contribution in [1.29, 1.82) is 0 Å². The summed E-state index contributed by atoms with van der Waals surface area (Å²) in [6.07, 6.45) is 1.75. The topological polar surface area (TPSA) is 41.9 Å². The quantitative estimate of drug-likeness (QED) is 0.604. The van der Waals surface area contributed by atoms with Gasteiger partial charge in [-0.3, -0.25) is 4.79 Å². The summed E-state index contributed by atoms with van der Waals surface area (Å²) in [5.74, 6) is 0.357. The van der Waals surface area contributed by atoms with Crippen molar-refractivity contribution in [3.63, 3.8) is 0 Å². The van der Waals surface area contributed by atoms with Crippen LogP contribution < -0.4 is 9.75 Å². The fraction of sp³-hybridized carbons (Fsp3) is 0.158. The van der Waals surface area contributed by atoms with E-state index in [-0.39, 0.29) is 16.0 Å².